The first-order valence-corrected chi connectivity index (χ1v) is 8.68. The van der Waals surface area contributed by atoms with Gasteiger partial charge >= 0.3 is 6.18 Å². The molecule has 0 aromatic heterocycles. The molecule has 0 heterocycles. The number of rotatable bonds is 4. The van der Waals surface area contributed by atoms with Gasteiger partial charge in [-0.25, -0.2) is 0 Å². The lowest BCUT2D eigenvalue weighted by Crippen LogP contribution is -2.32. The predicted octanol–water partition coefficient (Wildman–Crippen LogP) is 5.29. The van der Waals surface area contributed by atoms with Crippen molar-refractivity contribution in [2.24, 2.45) is 0 Å². The maximum atomic E-state index is 13.1. The van der Waals surface area contributed by atoms with E-state index in [2.05, 4.69) is 10.6 Å². The number of carbonyl (C=O) groups excluding carboxylic acids is 1. The van der Waals surface area contributed by atoms with E-state index in [1.807, 2.05) is 18.2 Å². The number of aryl methyl sites for hydroxylation is 2. The summed E-state index contributed by atoms with van der Waals surface area (Å²) < 4.78 is 39.4. The molecule has 138 valence electrons. The summed E-state index contributed by atoms with van der Waals surface area (Å²) >= 11 is 5.65. The van der Waals surface area contributed by atoms with Gasteiger partial charge in [-0.05, 0) is 67.6 Å². The van der Waals surface area contributed by atoms with Gasteiger partial charge in [0.25, 0.3) is 0 Å². The summed E-state index contributed by atoms with van der Waals surface area (Å²) in [5.74, 6) is -0.557. The van der Waals surface area contributed by atoms with E-state index in [9.17, 15) is 18.0 Å². The molecular weight excluding hydrogens is 365 g/mol. The zero-order valence-corrected chi connectivity index (χ0v) is 14.8. The van der Waals surface area contributed by atoms with Crippen LogP contribution >= 0.6 is 11.6 Å². The van der Waals surface area contributed by atoms with Gasteiger partial charge < -0.3 is 10.6 Å². The predicted molar refractivity (Wildman–Crippen MR) is 96.6 cm³/mol. The molecule has 0 unspecified atom stereocenters. The third-order valence-corrected chi connectivity index (χ3v) is 4.65. The van der Waals surface area contributed by atoms with Crippen molar-refractivity contribution < 1.29 is 18.0 Å². The molecule has 0 radical (unpaired) electrons. The Morgan fingerprint density at radius 1 is 1.12 bits per heavy atom. The number of fused-ring (bicyclic) bond motifs is 1. The number of amides is 1. The van der Waals surface area contributed by atoms with Crippen LogP contribution < -0.4 is 10.6 Å². The van der Waals surface area contributed by atoms with Crippen LogP contribution in [-0.4, -0.2) is 11.9 Å². The summed E-state index contributed by atoms with van der Waals surface area (Å²) in [6.45, 7) is 1.60. The summed E-state index contributed by atoms with van der Waals surface area (Å²) in [5.41, 5.74) is 2.06. The van der Waals surface area contributed by atoms with Crippen LogP contribution in [0.1, 0.15) is 30.0 Å². The first-order chi connectivity index (χ1) is 12.2. The molecule has 3 rings (SSSR count). The normalized spacial score (nSPS) is 14.7. The first kappa shape index (κ1) is 18.6. The molecular formula is C19H18ClF3N2O. The van der Waals surface area contributed by atoms with Crippen molar-refractivity contribution in [2.75, 3.05) is 10.6 Å². The second kappa shape index (κ2) is 7.19. The molecule has 0 saturated carbocycles. The number of hydrogen-bond acceptors (Lipinski definition) is 2. The van der Waals surface area contributed by atoms with Gasteiger partial charge in [0.15, 0.2) is 0 Å². The zero-order valence-electron chi connectivity index (χ0n) is 14.1. The van der Waals surface area contributed by atoms with E-state index < -0.39 is 23.7 Å². The van der Waals surface area contributed by atoms with E-state index in [0.29, 0.717) is 0 Å². The van der Waals surface area contributed by atoms with E-state index in [0.717, 1.165) is 37.1 Å². The summed E-state index contributed by atoms with van der Waals surface area (Å²) in [5, 5.41) is 5.34. The van der Waals surface area contributed by atoms with Gasteiger partial charge in [0, 0.05) is 10.7 Å². The smallest absolute Gasteiger partial charge is 0.374 e. The average Bonchev–Trinajstić information content (AvgIpc) is 3.03. The fourth-order valence-electron chi connectivity index (χ4n) is 3.08. The van der Waals surface area contributed by atoms with Crippen LogP contribution in [0.15, 0.2) is 36.4 Å². The number of hydrogen-bond donors (Lipinski definition) is 2. The van der Waals surface area contributed by atoms with Crippen molar-refractivity contribution in [1.29, 1.82) is 0 Å². The molecule has 3 nitrogen and oxygen atoms in total. The zero-order chi connectivity index (χ0) is 18.9. The quantitative estimate of drug-likeness (QED) is 0.754. The van der Waals surface area contributed by atoms with Crippen LogP contribution in [0.4, 0.5) is 24.5 Å². The number of anilines is 2. The Hall–Kier alpha value is -2.21. The number of carbonyl (C=O) groups is 1. The lowest BCUT2D eigenvalue weighted by Gasteiger charge is -2.18. The Kier molecular flexibility index (Phi) is 5.14. The van der Waals surface area contributed by atoms with Gasteiger partial charge in [-0.2, -0.15) is 13.2 Å². The molecule has 1 aliphatic carbocycles. The molecule has 2 aromatic rings. The Bertz CT molecular complexity index is 836. The Labute approximate surface area is 154 Å². The van der Waals surface area contributed by atoms with Gasteiger partial charge in [-0.3, -0.25) is 4.79 Å². The van der Waals surface area contributed by atoms with E-state index in [-0.39, 0.29) is 10.7 Å². The van der Waals surface area contributed by atoms with Crippen LogP contribution in [0.3, 0.4) is 0 Å². The molecule has 7 heteroatoms. The number of nitrogens with one attached hydrogen (secondary N) is 2. The Morgan fingerprint density at radius 2 is 1.85 bits per heavy atom. The van der Waals surface area contributed by atoms with Crippen LogP contribution in [0.5, 0.6) is 0 Å². The van der Waals surface area contributed by atoms with Crippen LogP contribution in [-0.2, 0) is 23.8 Å². The molecule has 0 bridgehead atoms. The van der Waals surface area contributed by atoms with Crippen molar-refractivity contribution in [3.8, 4) is 0 Å². The highest BCUT2D eigenvalue weighted by atomic mass is 35.5. The molecule has 0 fully saturated rings. The largest absolute Gasteiger partial charge is 0.418 e. The summed E-state index contributed by atoms with van der Waals surface area (Å²) in [4.78, 5) is 12.3. The monoisotopic (exact) mass is 382 g/mol. The molecule has 1 aliphatic rings. The van der Waals surface area contributed by atoms with E-state index >= 15 is 0 Å². The van der Waals surface area contributed by atoms with Crippen molar-refractivity contribution >= 4 is 28.9 Å². The molecule has 2 aromatic carbocycles. The van der Waals surface area contributed by atoms with E-state index in [1.165, 1.54) is 17.2 Å². The second-order valence-electron chi connectivity index (χ2n) is 6.38. The Morgan fingerprint density at radius 3 is 2.58 bits per heavy atom. The van der Waals surface area contributed by atoms with E-state index in [4.69, 9.17) is 11.6 Å². The SMILES string of the molecule is C[C@H](Nc1ccc2c(c1)CCC2)C(=O)Nc1ccc(Cl)cc1C(F)(F)F. The fraction of sp³-hybridized carbons (Fsp3) is 0.316. The Balaban J connectivity index is 1.72. The van der Waals surface area contributed by atoms with Crippen molar-refractivity contribution in [3.05, 3.63) is 58.1 Å². The lowest BCUT2D eigenvalue weighted by atomic mass is 10.1. The minimum Gasteiger partial charge on any atom is -0.374 e. The van der Waals surface area contributed by atoms with Crippen LogP contribution in [0, 0.1) is 0 Å². The number of alkyl halides is 3. The van der Waals surface area contributed by atoms with Gasteiger partial charge in [-0.15, -0.1) is 0 Å². The summed E-state index contributed by atoms with van der Waals surface area (Å²) in [7, 11) is 0. The van der Waals surface area contributed by atoms with Crippen molar-refractivity contribution in [3.63, 3.8) is 0 Å². The van der Waals surface area contributed by atoms with Crippen LogP contribution in [0.2, 0.25) is 5.02 Å². The molecule has 0 aliphatic heterocycles. The first-order valence-electron chi connectivity index (χ1n) is 8.30. The average molecular weight is 383 g/mol. The molecule has 1 amide bonds. The van der Waals surface area contributed by atoms with Gasteiger partial charge in [0.1, 0.15) is 6.04 Å². The molecule has 2 N–H and O–H groups in total. The molecule has 26 heavy (non-hydrogen) atoms. The van der Waals surface area contributed by atoms with Gasteiger partial charge in [0.2, 0.25) is 5.91 Å². The summed E-state index contributed by atoms with van der Waals surface area (Å²) in [6, 6.07) is 8.47. The van der Waals surface area contributed by atoms with Crippen LogP contribution in [0.25, 0.3) is 0 Å². The highest BCUT2D eigenvalue weighted by Gasteiger charge is 2.34. The minimum atomic E-state index is -4.61. The fourth-order valence-corrected chi connectivity index (χ4v) is 3.25. The minimum absolute atomic E-state index is 0.0420. The number of benzene rings is 2. The van der Waals surface area contributed by atoms with Gasteiger partial charge in [-0.1, -0.05) is 17.7 Å². The summed E-state index contributed by atoms with van der Waals surface area (Å²) in [6.07, 6.45) is -1.43. The van der Waals surface area contributed by atoms with E-state index in [1.54, 1.807) is 6.92 Å². The maximum absolute atomic E-state index is 13.1. The topological polar surface area (TPSA) is 41.1 Å². The third kappa shape index (κ3) is 4.12. The molecule has 0 saturated heterocycles. The highest BCUT2D eigenvalue weighted by molar-refractivity contribution is 6.30. The lowest BCUT2D eigenvalue weighted by molar-refractivity contribution is -0.137. The molecule has 0 spiro atoms. The number of halogens is 4. The van der Waals surface area contributed by atoms with Crippen molar-refractivity contribution in [1.82, 2.24) is 0 Å². The van der Waals surface area contributed by atoms with Crippen molar-refractivity contribution in [2.45, 2.75) is 38.4 Å². The molecule has 1 atom stereocenters. The third-order valence-electron chi connectivity index (χ3n) is 4.42. The van der Waals surface area contributed by atoms with Gasteiger partial charge in [0.05, 0.1) is 11.3 Å². The highest BCUT2D eigenvalue weighted by Crippen LogP contribution is 2.36. The maximum Gasteiger partial charge on any atom is 0.418 e. The standard InChI is InChI=1S/C19H18ClF3N2O/c1-11(24-15-7-5-12-3-2-4-13(12)9-15)18(26)25-17-8-6-14(20)10-16(17)19(21,22)23/h5-11,24H,2-4H2,1H3,(H,25,26)/t11-/m0/s1. The second-order valence-corrected chi connectivity index (χ2v) is 6.82.